The molecule has 0 fully saturated rings. The predicted octanol–water partition coefficient (Wildman–Crippen LogP) is 11.0. The molecule has 16 nitrogen and oxygen atoms in total. The number of nitrogen functional groups attached to an aromatic ring is 1. The zero-order valence-corrected chi connectivity index (χ0v) is 44.2. The van der Waals surface area contributed by atoms with E-state index in [4.69, 9.17) is 25.2 Å². The summed E-state index contributed by atoms with van der Waals surface area (Å²) in [5.74, 6) is -0.711. The summed E-state index contributed by atoms with van der Waals surface area (Å²) >= 11 is 6.21. The maximum atomic E-state index is 13.5. The molecule has 4 aromatic carbocycles. The molecule has 0 unspecified atom stereocenters. The number of aromatic nitrogens is 2. The number of hydrogen-bond acceptors (Lipinski definition) is 15. The SMILES string of the molecule is CC.COC(=O)N[C@H](Cc1ccccc1)C(=O)N[C@@H](Cc1ccc(N)cc1)c1csc(-c2cccs2)n1.COC(=O)N[C@H](Cc1ccccc1)C(=O)N[C@@H](Cc1ccc([N+](=O)[O-])cc1)c1csc(-c2cccs2)n1. The van der Waals surface area contributed by atoms with Crippen LogP contribution in [0.2, 0.25) is 0 Å². The second kappa shape index (κ2) is 28.5. The van der Waals surface area contributed by atoms with Crippen LogP contribution in [0.4, 0.5) is 21.0 Å². The highest BCUT2D eigenvalue weighted by Gasteiger charge is 2.28. The standard InChI is InChI=1S/C26H24N4O5S2.C26H26N4O3S2.C2H6/c1-35-26(32)29-21(15-17-6-3-2-4-7-17)24(31)27-20(14-18-9-11-19(12-10-18)30(33)34)22-16-37-25(28-22)23-8-5-13-36-23;1-33-26(32)30-21(15-17-6-3-2-4-7-17)24(31)28-20(14-18-9-11-19(27)12-10-18)22-16-35-25(29-22)23-8-5-13-34-23;1-2/h2-13,16,20-21H,14-15H2,1H3,(H,27,31)(H,29,32);2-13,16,20-21H,14-15,27H2,1H3,(H,28,31)(H,30,32);1-2H3/t2*20-,21+;/m00./s1. The number of anilines is 1. The van der Waals surface area contributed by atoms with E-state index in [9.17, 15) is 29.3 Å². The van der Waals surface area contributed by atoms with Crippen molar-refractivity contribution in [3.05, 3.63) is 199 Å². The summed E-state index contributed by atoms with van der Waals surface area (Å²) in [7, 11) is 2.52. The summed E-state index contributed by atoms with van der Waals surface area (Å²) in [4.78, 5) is 73.2. The summed E-state index contributed by atoms with van der Waals surface area (Å²) < 4.78 is 9.49. The van der Waals surface area contributed by atoms with Crippen LogP contribution < -0.4 is 27.0 Å². The maximum absolute atomic E-state index is 13.5. The number of carbonyl (C=O) groups is 4. The molecular formula is C54H56N8O8S4. The first-order chi connectivity index (χ1) is 35.9. The van der Waals surface area contributed by atoms with E-state index in [1.807, 2.05) is 145 Å². The summed E-state index contributed by atoms with van der Waals surface area (Å²) in [6.07, 6.45) is 0.0995. The highest BCUT2D eigenvalue weighted by Crippen LogP contribution is 2.32. The van der Waals surface area contributed by atoms with Crippen LogP contribution in [-0.4, -0.2) is 65.2 Å². The molecule has 0 radical (unpaired) electrons. The Kier molecular flexibility index (Phi) is 21.4. The van der Waals surface area contributed by atoms with Gasteiger partial charge in [0.1, 0.15) is 22.1 Å². The minimum absolute atomic E-state index is 0.0109. The molecule has 20 heteroatoms. The normalized spacial score (nSPS) is 12.2. The summed E-state index contributed by atoms with van der Waals surface area (Å²) in [6, 6.07) is 38.0. The molecule has 4 aromatic heterocycles. The van der Waals surface area contributed by atoms with Crippen molar-refractivity contribution in [2.75, 3.05) is 20.0 Å². The fraction of sp³-hybridized carbons (Fsp3) is 0.222. The largest absolute Gasteiger partial charge is 0.453 e. The van der Waals surface area contributed by atoms with Crippen molar-refractivity contribution in [3.63, 3.8) is 0 Å². The number of nitrogens with zero attached hydrogens (tertiary/aromatic N) is 3. The number of amides is 4. The zero-order chi connectivity index (χ0) is 52.8. The number of hydrogen-bond donors (Lipinski definition) is 5. The number of thiophene rings is 2. The van der Waals surface area contributed by atoms with Crippen LogP contribution in [0.15, 0.2) is 155 Å². The van der Waals surface area contributed by atoms with E-state index in [0.717, 1.165) is 47.7 Å². The molecule has 6 N–H and O–H groups in total. The highest BCUT2D eigenvalue weighted by molar-refractivity contribution is 7.20. The Balaban J connectivity index is 0.000000234. The number of alkyl carbamates (subject to hydrolysis) is 2. The van der Waals surface area contributed by atoms with Crippen LogP contribution in [0.5, 0.6) is 0 Å². The first-order valence-corrected chi connectivity index (χ1v) is 26.9. The lowest BCUT2D eigenvalue weighted by molar-refractivity contribution is -0.384. The molecular weight excluding hydrogens is 1020 g/mol. The Morgan fingerprint density at radius 1 is 0.541 bits per heavy atom. The molecule has 0 aliphatic carbocycles. The number of thiazole rings is 2. The summed E-state index contributed by atoms with van der Waals surface area (Å²) in [5, 5.41) is 32.1. The average Bonchev–Trinajstić information content (AvgIpc) is 4.29. The Bertz CT molecular complexity index is 2990. The number of nitrogens with two attached hydrogens (primary N) is 1. The molecule has 0 spiro atoms. The Hall–Kier alpha value is -7.78. The number of nitrogens with one attached hydrogen (secondary N) is 4. The number of ether oxygens (including phenoxy) is 2. The van der Waals surface area contributed by atoms with Crippen molar-refractivity contribution < 1.29 is 33.6 Å². The van der Waals surface area contributed by atoms with Gasteiger partial charge in [-0.15, -0.1) is 45.3 Å². The maximum Gasteiger partial charge on any atom is 0.407 e. The molecule has 0 bridgehead atoms. The van der Waals surface area contributed by atoms with E-state index in [2.05, 4.69) is 21.3 Å². The first kappa shape index (κ1) is 55.5. The van der Waals surface area contributed by atoms with E-state index in [1.165, 1.54) is 49.0 Å². The predicted molar refractivity (Wildman–Crippen MR) is 294 cm³/mol. The smallest absolute Gasteiger partial charge is 0.407 e. The van der Waals surface area contributed by atoms with Gasteiger partial charge in [0.05, 0.1) is 52.4 Å². The van der Waals surface area contributed by atoms with Crippen molar-refractivity contribution in [1.82, 2.24) is 31.2 Å². The van der Waals surface area contributed by atoms with Crippen molar-refractivity contribution in [3.8, 4) is 19.8 Å². The van der Waals surface area contributed by atoms with Gasteiger partial charge < -0.3 is 36.5 Å². The fourth-order valence-electron chi connectivity index (χ4n) is 7.32. The van der Waals surface area contributed by atoms with E-state index >= 15 is 0 Å². The van der Waals surface area contributed by atoms with E-state index < -0.39 is 47.2 Å². The molecule has 0 saturated heterocycles. The van der Waals surface area contributed by atoms with Crippen LogP contribution in [0, 0.1) is 10.1 Å². The highest BCUT2D eigenvalue weighted by atomic mass is 32.1. The van der Waals surface area contributed by atoms with E-state index in [-0.39, 0.29) is 18.0 Å². The Morgan fingerprint density at radius 2 is 0.932 bits per heavy atom. The molecule has 4 atom stereocenters. The summed E-state index contributed by atoms with van der Waals surface area (Å²) in [6.45, 7) is 4.00. The molecule has 0 aliphatic rings. The van der Waals surface area contributed by atoms with Crippen LogP contribution >= 0.6 is 45.3 Å². The third kappa shape index (κ3) is 16.6. The topological polar surface area (TPSA) is 230 Å². The number of benzene rings is 4. The number of nitro benzene ring substituents is 1. The van der Waals surface area contributed by atoms with Gasteiger partial charge in [-0.3, -0.25) is 19.7 Å². The summed E-state index contributed by atoms with van der Waals surface area (Å²) in [5.41, 5.74) is 11.5. The van der Waals surface area contributed by atoms with Gasteiger partial charge in [0.25, 0.3) is 5.69 Å². The monoisotopic (exact) mass is 1070 g/mol. The van der Waals surface area contributed by atoms with Gasteiger partial charge >= 0.3 is 12.2 Å². The number of methoxy groups -OCH3 is 2. The van der Waals surface area contributed by atoms with E-state index in [0.29, 0.717) is 30.6 Å². The lowest BCUT2D eigenvalue weighted by Gasteiger charge is -2.23. The lowest BCUT2D eigenvalue weighted by Crippen LogP contribution is -2.49. The molecule has 4 heterocycles. The Morgan fingerprint density at radius 3 is 1.30 bits per heavy atom. The fourth-order valence-corrected chi connectivity index (χ4v) is 10.7. The van der Waals surface area contributed by atoms with Crippen molar-refractivity contribution in [2.45, 2.75) is 63.7 Å². The average molecular weight is 1070 g/mol. The van der Waals surface area contributed by atoms with Gasteiger partial charge in [-0.05, 0) is 70.1 Å². The van der Waals surface area contributed by atoms with Crippen molar-refractivity contribution in [2.24, 2.45) is 0 Å². The minimum Gasteiger partial charge on any atom is -0.453 e. The van der Waals surface area contributed by atoms with Gasteiger partial charge in [-0.25, -0.2) is 19.6 Å². The number of carbonyl (C=O) groups excluding carboxylic acids is 4. The molecule has 0 aliphatic heterocycles. The zero-order valence-electron chi connectivity index (χ0n) is 41.0. The third-order valence-electron chi connectivity index (χ3n) is 11.0. The van der Waals surface area contributed by atoms with Crippen molar-refractivity contribution >= 4 is 80.7 Å². The van der Waals surface area contributed by atoms with Crippen LogP contribution in [0.3, 0.4) is 0 Å². The molecule has 8 aromatic rings. The molecule has 384 valence electrons. The van der Waals surface area contributed by atoms with Gasteiger partial charge in [0.15, 0.2) is 0 Å². The van der Waals surface area contributed by atoms with Gasteiger partial charge in [0, 0.05) is 41.4 Å². The molecule has 8 rings (SSSR count). The van der Waals surface area contributed by atoms with Crippen molar-refractivity contribution in [1.29, 1.82) is 0 Å². The second-order valence-corrected chi connectivity index (χ2v) is 19.7. The quantitative estimate of drug-likeness (QED) is 0.0290. The first-order valence-electron chi connectivity index (χ1n) is 23.4. The second-order valence-electron chi connectivity index (χ2n) is 16.1. The Labute approximate surface area is 445 Å². The van der Waals surface area contributed by atoms with Crippen LogP contribution in [0.25, 0.3) is 19.8 Å². The molecule has 74 heavy (non-hydrogen) atoms. The van der Waals surface area contributed by atoms with Crippen LogP contribution in [-0.2, 0) is 44.7 Å². The number of non-ortho nitro benzene ring substituents is 1. The van der Waals surface area contributed by atoms with E-state index in [1.54, 1.807) is 34.8 Å². The number of rotatable bonds is 19. The third-order valence-corrected chi connectivity index (χ3v) is 14.8. The van der Waals surface area contributed by atoms with Crippen LogP contribution in [0.1, 0.15) is 59.6 Å². The minimum atomic E-state index is -0.885. The van der Waals surface area contributed by atoms with Gasteiger partial charge in [-0.1, -0.05) is 111 Å². The lowest BCUT2D eigenvalue weighted by atomic mass is 10.0. The molecule has 4 amide bonds. The van der Waals surface area contributed by atoms with Gasteiger partial charge in [-0.2, -0.15) is 0 Å². The van der Waals surface area contributed by atoms with Gasteiger partial charge in [0.2, 0.25) is 11.8 Å². The molecule has 0 saturated carbocycles. The number of nitro groups is 1.